The highest BCUT2D eigenvalue weighted by Gasteiger charge is 2.33. The molecule has 1 aliphatic rings. The lowest BCUT2D eigenvalue weighted by Gasteiger charge is -2.22. The van der Waals surface area contributed by atoms with Gasteiger partial charge in [0.15, 0.2) is 5.79 Å². The van der Waals surface area contributed by atoms with Crippen molar-refractivity contribution in [1.82, 2.24) is 4.98 Å². The predicted octanol–water partition coefficient (Wildman–Crippen LogP) is 3.69. The third-order valence-electron chi connectivity index (χ3n) is 4.37. The van der Waals surface area contributed by atoms with Crippen LogP contribution >= 0.6 is 0 Å². The van der Waals surface area contributed by atoms with Gasteiger partial charge in [-0.15, -0.1) is 0 Å². The molecule has 4 heteroatoms. The van der Waals surface area contributed by atoms with Crippen molar-refractivity contribution in [1.29, 1.82) is 0 Å². The number of rotatable bonds is 3. The molecule has 0 atom stereocenters. The second-order valence-corrected chi connectivity index (χ2v) is 5.97. The number of aromatic nitrogens is 1. The van der Waals surface area contributed by atoms with Crippen LogP contribution in [0.4, 0.5) is 0 Å². The molecule has 0 bridgehead atoms. The van der Waals surface area contributed by atoms with Gasteiger partial charge >= 0.3 is 0 Å². The van der Waals surface area contributed by atoms with Gasteiger partial charge in [-0.05, 0) is 18.4 Å². The fourth-order valence-electron chi connectivity index (χ4n) is 2.96. The summed E-state index contributed by atoms with van der Waals surface area (Å²) in [6.07, 6.45) is 1.73. The van der Waals surface area contributed by atoms with Gasteiger partial charge < -0.3 is 9.47 Å². The molecule has 4 nitrogen and oxygen atoms in total. The summed E-state index contributed by atoms with van der Waals surface area (Å²) in [5.74, 6) is -0.811. The van der Waals surface area contributed by atoms with Crippen molar-refractivity contribution in [2.24, 2.45) is 0 Å². The van der Waals surface area contributed by atoms with Gasteiger partial charge in [0.05, 0.1) is 13.2 Å². The maximum absolute atomic E-state index is 12.7. The van der Waals surface area contributed by atoms with Crippen LogP contribution < -0.4 is 0 Å². The second kappa shape index (κ2) is 5.82. The Balaban J connectivity index is 1.63. The molecule has 120 valence electrons. The molecule has 0 N–H and O–H groups in total. The highest BCUT2D eigenvalue weighted by atomic mass is 16.7. The maximum Gasteiger partial charge on any atom is 0.211 e. The predicted molar refractivity (Wildman–Crippen MR) is 90.9 cm³/mol. The van der Waals surface area contributed by atoms with E-state index in [9.17, 15) is 4.79 Å². The first-order valence-electron chi connectivity index (χ1n) is 7.94. The molecule has 0 unspecified atom stereocenters. The number of pyridine rings is 1. The fraction of sp³-hybridized carbons (Fsp3) is 0.200. The molecule has 3 aromatic rings. The van der Waals surface area contributed by atoms with Gasteiger partial charge in [-0.3, -0.25) is 9.78 Å². The molecule has 2 aromatic carbocycles. The molecule has 2 heterocycles. The van der Waals surface area contributed by atoms with Crippen LogP contribution in [0.5, 0.6) is 0 Å². The Labute approximate surface area is 140 Å². The van der Waals surface area contributed by atoms with E-state index in [4.69, 9.17) is 9.47 Å². The Morgan fingerprint density at radius 2 is 1.67 bits per heavy atom. The third-order valence-corrected chi connectivity index (χ3v) is 4.37. The first-order valence-corrected chi connectivity index (χ1v) is 7.94. The van der Waals surface area contributed by atoms with Crippen LogP contribution in [0.3, 0.4) is 0 Å². The molecule has 0 radical (unpaired) electrons. The van der Waals surface area contributed by atoms with E-state index in [-0.39, 0.29) is 5.78 Å². The van der Waals surface area contributed by atoms with Crippen molar-refractivity contribution in [3.05, 3.63) is 77.6 Å². The molecule has 1 fully saturated rings. The molecule has 0 spiro atoms. The number of ketones is 1. The van der Waals surface area contributed by atoms with E-state index < -0.39 is 5.79 Å². The monoisotopic (exact) mass is 319 g/mol. The van der Waals surface area contributed by atoms with Crippen molar-refractivity contribution < 1.29 is 14.3 Å². The maximum atomic E-state index is 12.7. The smallest absolute Gasteiger partial charge is 0.211 e. The van der Waals surface area contributed by atoms with Gasteiger partial charge in [0, 0.05) is 22.7 Å². The number of ether oxygens (including phenoxy) is 2. The Morgan fingerprint density at radius 3 is 2.38 bits per heavy atom. The molecule has 1 saturated heterocycles. The largest absolute Gasteiger partial charge is 0.344 e. The number of nitrogens with zero attached hydrogens (tertiary/aromatic N) is 1. The minimum absolute atomic E-state index is 0.0919. The van der Waals surface area contributed by atoms with E-state index in [1.165, 1.54) is 0 Å². The van der Waals surface area contributed by atoms with Gasteiger partial charge in [-0.1, -0.05) is 48.5 Å². The van der Waals surface area contributed by atoms with Crippen LogP contribution in [0.15, 0.2) is 60.8 Å². The van der Waals surface area contributed by atoms with E-state index in [2.05, 4.69) is 4.98 Å². The Bertz CT molecular complexity index is 896. The minimum atomic E-state index is -0.719. The summed E-state index contributed by atoms with van der Waals surface area (Å²) in [6, 6.07) is 17.0. The van der Waals surface area contributed by atoms with Crippen molar-refractivity contribution in [3.63, 3.8) is 0 Å². The Kier molecular flexibility index (Phi) is 3.63. The summed E-state index contributed by atoms with van der Waals surface area (Å²) in [6.45, 7) is 3.05. The van der Waals surface area contributed by atoms with E-state index in [0.29, 0.717) is 24.5 Å². The summed E-state index contributed by atoms with van der Waals surface area (Å²) in [5.41, 5.74) is 1.95. The average Bonchev–Trinajstić information content (AvgIpc) is 3.09. The standard InChI is InChI=1S/C20H17NO3/c1-20(23-10-11-24-20)17-8-6-14(7-9-17)19(22)18-12-15-4-2-3-5-16(15)13-21-18/h2-9,12-13H,10-11H2,1H3. The van der Waals surface area contributed by atoms with Crippen molar-refractivity contribution >= 4 is 16.6 Å². The lowest BCUT2D eigenvalue weighted by Crippen LogP contribution is -2.22. The molecular weight excluding hydrogens is 302 g/mol. The number of carbonyl (C=O) groups excluding carboxylic acids is 1. The van der Waals surface area contributed by atoms with Crippen LogP contribution in [0.2, 0.25) is 0 Å². The van der Waals surface area contributed by atoms with Gasteiger partial charge in [0.25, 0.3) is 0 Å². The quantitative estimate of drug-likeness (QED) is 0.691. The zero-order chi connectivity index (χ0) is 16.6. The SMILES string of the molecule is CC1(c2ccc(C(=O)c3cc4ccccc4cn3)cc2)OCCO1. The van der Waals surface area contributed by atoms with Gasteiger partial charge in [-0.2, -0.15) is 0 Å². The molecule has 0 amide bonds. The number of benzene rings is 2. The number of fused-ring (bicyclic) bond motifs is 1. The second-order valence-electron chi connectivity index (χ2n) is 5.97. The van der Waals surface area contributed by atoms with Gasteiger partial charge in [0.1, 0.15) is 5.69 Å². The van der Waals surface area contributed by atoms with E-state index in [1.54, 1.807) is 18.3 Å². The zero-order valence-electron chi connectivity index (χ0n) is 13.4. The van der Waals surface area contributed by atoms with Crippen molar-refractivity contribution in [2.45, 2.75) is 12.7 Å². The van der Waals surface area contributed by atoms with Crippen molar-refractivity contribution in [2.75, 3.05) is 13.2 Å². The summed E-state index contributed by atoms with van der Waals surface area (Å²) in [7, 11) is 0. The molecule has 24 heavy (non-hydrogen) atoms. The highest BCUT2D eigenvalue weighted by Crippen LogP contribution is 2.31. The zero-order valence-corrected chi connectivity index (χ0v) is 13.4. The van der Waals surface area contributed by atoms with Crippen LogP contribution in [0.25, 0.3) is 10.8 Å². The molecular formula is C20H17NO3. The van der Waals surface area contributed by atoms with E-state index in [0.717, 1.165) is 16.3 Å². The minimum Gasteiger partial charge on any atom is -0.344 e. The Hall–Kier alpha value is -2.56. The molecule has 0 aliphatic carbocycles. The highest BCUT2D eigenvalue weighted by molar-refractivity contribution is 6.09. The lowest BCUT2D eigenvalue weighted by atomic mass is 10.0. The van der Waals surface area contributed by atoms with Crippen LogP contribution in [-0.4, -0.2) is 24.0 Å². The van der Waals surface area contributed by atoms with Gasteiger partial charge in [-0.25, -0.2) is 0 Å². The normalized spacial score (nSPS) is 16.4. The fourth-order valence-corrected chi connectivity index (χ4v) is 2.96. The Morgan fingerprint density at radius 1 is 1.00 bits per heavy atom. The number of carbonyl (C=O) groups is 1. The average molecular weight is 319 g/mol. The van der Waals surface area contributed by atoms with Crippen LogP contribution in [0.1, 0.15) is 28.5 Å². The van der Waals surface area contributed by atoms with Crippen LogP contribution in [-0.2, 0) is 15.3 Å². The summed E-state index contributed by atoms with van der Waals surface area (Å²) in [5, 5.41) is 2.03. The first-order chi connectivity index (χ1) is 11.7. The molecule has 1 aliphatic heterocycles. The summed E-state index contributed by atoms with van der Waals surface area (Å²) in [4.78, 5) is 17.0. The topological polar surface area (TPSA) is 48.4 Å². The summed E-state index contributed by atoms with van der Waals surface area (Å²) < 4.78 is 11.3. The first kappa shape index (κ1) is 15.0. The van der Waals surface area contributed by atoms with Gasteiger partial charge in [0.2, 0.25) is 5.78 Å². The summed E-state index contributed by atoms with van der Waals surface area (Å²) >= 11 is 0. The van der Waals surface area contributed by atoms with E-state index in [1.807, 2.05) is 49.4 Å². The molecule has 1 aromatic heterocycles. The van der Waals surface area contributed by atoms with Crippen molar-refractivity contribution in [3.8, 4) is 0 Å². The van der Waals surface area contributed by atoms with E-state index >= 15 is 0 Å². The molecule has 0 saturated carbocycles. The number of hydrogen-bond donors (Lipinski definition) is 0. The lowest BCUT2D eigenvalue weighted by molar-refractivity contribution is -0.149. The van der Waals surface area contributed by atoms with Crippen LogP contribution in [0, 0.1) is 0 Å². The third kappa shape index (κ3) is 2.60. The number of hydrogen-bond acceptors (Lipinski definition) is 4. The molecule has 4 rings (SSSR count).